The Morgan fingerprint density at radius 3 is 2.52 bits per heavy atom. The lowest BCUT2D eigenvalue weighted by atomic mass is 10.1. The van der Waals surface area contributed by atoms with E-state index in [1.54, 1.807) is 13.3 Å². The molecule has 1 heterocycles. The van der Waals surface area contributed by atoms with Crippen molar-refractivity contribution in [3.05, 3.63) is 70.9 Å². The van der Waals surface area contributed by atoms with Crippen LogP contribution in [0.1, 0.15) is 11.1 Å². The van der Waals surface area contributed by atoms with Gasteiger partial charge in [-0.3, -0.25) is 0 Å². The minimum Gasteiger partial charge on any atom is -0.497 e. The number of ether oxygens (including phenoxy) is 1. The molecule has 6 nitrogen and oxygen atoms in total. The highest BCUT2D eigenvalue weighted by Crippen LogP contribution is 2.13. The summed E-state index contributed by atoms with van der Waals surface area (Å²) in [7, 11) is 1.67. The summed E-state index contributed by atoms with van der Waals surface area (Å²) >= 11 is 6.00. The Hall–Kier alpha value is -2.86. The smallest absolute Gasteiger partial charge is 0.244 e. The second-order valence-corrected chi connectivity index (χ2v) is 6.43. The number of nitrogens with one attached hydrogen (secondary N) is 2. The number of methoxy groups -OCH3 is 1. The fourth-order valence-corrected chi connectivity index (χ4v) is 2.81. The number of anilines is 2. The summed E-state index contributed by atoms with van der Waals surface area (Å²) in [6, 6.07) is 15.9. The quantitative estimate of drug-likeness (QED) is 0.585. The number of nitrogens with zero attached hydrogens (tertiary/aromatic N) is 3. The van der Waals surface area contributed by atoms with E-state index >= 15 is 0 Å². The molecule has 7 heteroatoms. The summed E-state index contributed by atoms with van der Waals surface area (Å²) in [6.45, 7) is 1.46. The normalized spacial score (nSPS) is 10.4. The molecule has 0 bridgehead atoms. The van der Waals surface area contributed by atoms with Gasteiger partial charge >= 0.3 is 0 Å². The second kappa shape index (κ2) is 9.73. The van der Waals surface area contributed by atoms with Crippen LogP contribution in [-0.2, 0) is 12.8 Å². The lowest BCUT2D eigenvalue weighted by Crippen LogP contribution is -2.12. The minimum atomic E-state index is 0.506. The molecule has 0 spiro atoms. The monoisotopic (exact) mass is 383 g/mol. The predicted molar refractivity (Wildman–Crippen MR) is 109 cm³/mol. The maximum Gasteiger partial charge on any atom is 0.244 e. The van der Waals surface area contributed by atoms with Gasteiger partial charge in [-0.15, -0.1) is 5.10 Å². The largest absolute Gasteiger partial charge is 0.497 e. The zero-order valence-corrected chi connectivity index (χ0v) is 15.9. The molecule has 0 aliphatic heterocycles. The minimum absolute atomic E-state index is 0.506. The fourth-order valence-electron chi connectivity index (χ4n) is 2.60. The van der Waals surface area contributed by atoms with Gasteiger partial charge in [-0.05, 0) is 48.2 Å². The highest BCUT2D eigenvalue weighted by atomic mass is 35.5. The third kappa shape index (κ3) is 6.11. The molecule has 0 aliphatic rings. The van der Waals surface area contributed by atoms with Crippen LogP contribution in [0.3, 0.4) is 0 Å². The van der Waals surface area contributed by atoms with Crippen molar-refractivity contribution in [2.45, 2.75) is 12.8 Å². The first-order chi connectivity index (χ1) is 13.2. The van der Waals surface area contributed by atoms with Gasteiger partial charge in [0.05, 0.1) is 13.3 Å². The molecule has 0 atom stereocenters. The lowest BCUT2D eigenvalue weighted by Gasteiger charge is -2.08. The number of benzene rings is 2. The molecule has 0 saturated heterocycles. The molecule has 1 aromatic heterocycles. The molecule has 0 radical (unpaired) electrons. The van der Waals surface area contributed by atoms with E-state index in [1.807, 2.05) is 36.4 Å². The standard InChI is InChI=1S/C20H22ClN5O/c1-27-18-7-5-15(6-8-18)9-11-22-19-14-24-26-20(25-19)23-12-10-16-3-2-4-17(21)13-16/h2-8,13-14H,9-12H2,1H3,(H2,22,23,25,26). The number of hydrogen-bond acceptors (Lipinski definition) is 6. The molecule has 2 aromatic carbocycles. The summed E-state index contributed by atoms with van der Waals surface area (Å²) in [6.07, 6.45) is 3.33. The maximum absolute atomic E-state index is 6.00. The van der Waals surface area contributed by atoms with E-state index in [1.165, 1.54) is 5.56 Å². The molecular weight excluding hydrogens is 362 g/mol. The van der Waals surface area contributed by atoms with Crippen LogP contribution in [0, 0.1) is 0 Å². The van der Waals surface area contributed by atoms with Crippen LogP contribution in [-0.4, -0.2) is 35.4 Å². The predicted octanol–water partition coefficient (Wildman–Crippen LogP) is 3.84. The Morgan fingerprint density at radius 2 is 1.74 bits per heavy atom. The van der Waals surface area contributed by atoms with Crippen LogP contribution in [0.5, 0.6) is 5.75 Å². The van der Waals surface area contributed by atoms with Crippen LogP contribution in [0.2, 0.25) is 5.02 Å². The van der Waals surface area contributed by atoms with E-state index in [-0.39, 0.29) is 0 Å². The summed E-state index contributed by atoms with van der Waals surface area (Å²) in [5.74, 6) is 2.07. The maximum atomic E-state index is 6.00. The summed E-state index contributed by atoms with van der Waals surface area (Å²) < 4.78 is 5.17. The van der Waals surface area contributed by atoms with Crippen molar-refractivity contribution >= 4 is 23.4 Å². The first-order valence-corrected chi connectivity index (χ1v) is 9.15. The van der Waals surface area contributed by atoms with E-state index in [4.69, 9.17) is 16.3 Å². The van der Waals surface area contributed by atoms with Crippen molar-refractivity contribution in [1.82, 2.24) is 15.2 Å². The molecule has 3 rings (SSSR count). The fraction of sp³-hybridized carbons (Fsp3) is 0.250. The number of aromatic nitrogens is 3. The molecule has 0 amide bonds. The first-order valence-electron chi connectivity index (χ1n) is 8.78. The van der Waals surface area contributed by atoms with Gasteiger partial charge in [-0.2, -0.15) is 10.1 Å². The Bertz CT molecular complexity index is 857. The Balaban J connectivity index is 1.45. The summed E-state index contributed by atoms with van der Waals surface area (Å²) in [4.78, 5) is 4.44. The highest BCUT2D eigenvalue weighted by Gasteiger charge is 2.01. The zero-order valence-electron chi connectivity index (χ0n) is 15.2. The van der Waals surface area contributed by atoms with Gasteiger partial charge in [0, 0.05) is 18.1 Å². The van der Waals surface area contributed by atoms with Gasteiger partial charge in [0.25, 0.3) is 0 Å². The molecule has 0 fully saturated rings. The van der Waals surface area contributed by atoms with E-state index < -0.39 is 0 Å². The van der Waals surface area contributed by atoms with E-state index in [0.717, 1.165) is 35.7 Å². The van der Waals surface area contributed by atoms with Crippen molar-refractivity contribution in [2.75, 3.05) is 30.8 Å². The van der Waals surface area contributed by atoms with Crippen LogP contribution in [0.15, 0.2) is 54.7 Å². The van der Waals surface area contributed by atoms with Crippen molar-refractivity contribution in [3.8, 4) is 5.75 Å². The van der Waals surface area contributed by atoms with Gasteiger partial charge in [-0.1, -0.05) is 35.9 Å². The molecule has 0 unspecified atom stereocenters. The third-order valence-electron chi connectivity index (χ3n) is 4.02. The highest BCUT2D eigenvalue weighted by molar-refractivity contribution is 6.30. The lowest BCUT2D eigenvalue weighted by molar-refractivity contribution is 0.414. The van der Waals surface area contributed by atoms with Gasteiger partial charge in [0.2, 0.25) is 5.95 Å². The number of rotatable bonds is 9. The van der Waals surface area contributed by atoms with Gasteiger partial charge in [0.15, 0.2) is 5.82 Å². The van der Waals surface area contributed by atoms with Crippen LogP contribution < -0.4 is 15.4 Å². The average molecular weight is 384 g/mol. The van der Waals surface area contributed by atoms with E-state index in [0.29, 0.717) is 18.3 Å². The second-order valence-electron chi connectivity index (χ2n) is 6.00. The third-order valence-corrected chi connectivity index (χ3v) is 4.26. The molecule has 140 valence electrons. The van der Waals surface area contributed by atoms with Crippen molar-refractivity contribution in [1.29, 1.82) is 0 Å². The van der Waals surface area contributed by atoms with E-state index in [2.05, 4.69) is 37.9 Å². The van der Waals surface area contributed by atoms with Gasteiger partial charge in [0.1, 0.15) is 5.75 Å². The van der Waals surface area contributed by atoms with E-state index in [9.17, 15) is 0 Å². The van der Waals surface area contributed by atoms with Gasteiger partial charge < -0.3 is 15.4 Å². The molecule has 2 N–H and O–H groups in total. The molecular formula is C20H22ClN5O. The SMILES string of the molecule is COc1ccc(CCNc2cnnc(NCCc3cccc(Cl)c3)n2)cc1. The molecule has 0 aliphatic carbocycles. The molecule has 0 saturated carbocycles. The van der Waals surface area contributed by atoms with Crippen LogP contribution in [0.25, 0.3) is 0 Å². The average Bonchev–Trinajstić information content (AvgIpc) is 2.69. The van der Waals surface area contributed by atoms with Crippen molar-refractivity contribution in [2.24, 2.45) is 0 Å². The van der Waals surface area contributed by atoms with Crippen molar-refractivity contribution in [3.63, 3.8) is 0 Å². The summed E-state index contributed by atoms with van der Waals surface area (Å²) in [5, 5.41) is 15.2. The molecule has 27 heavy (non-hydrogen) atoms. The Morgan fingerprint density at radius 1 is 0.963 bits per heavy atom. The topological polar surface area (TPSA) is 72.0 Å². The zero-order chi connectivity index (χ0) is 18.9. The van der Waals surface area contributed by atoms with Crippen LogP contribution in [0.4, 0.5) is 11.8 Å². The van der Waals surface area contributed by atoms with Crippen molar-refractivity contribution < 1.29 is 4.74 Å². The Labute approximate surface area is 164 Å². The number of hydrogen-bond donors (Lipinski definition) is 2. The molecule has 3 aromatic rings. The summed E-state index contributed by atoms with van der Waals surface area (Å²) in [5.41, 5.74) is 2.39. The van der Waals surface area contributed by atoms with Crippen LogP contribution >= 0.6 is 11.6 Å². The Kier molecular flexibility index (Phi) is 6.82. The number of halogens is 1. The van der Waals surface area contributed by atoms with Gasteiger partial charge in [-0.25, -0.2) is 0 Å². The first kappa shape index (κ1) is 18.9.